The van der Waals surface area contributed by atoms with Crippen molar-refractivity contribution in [2.45, 2.75) is 44.2 Å². The van der Waals surface area contributed by atoms with Gasteiger partial charge in [0, 0.05) is 6.20 Å². The lowest BCUT2D eigenvalue weighted by molar-refractivity contribution is -0.145. The lowest BCUT2D eigenvalue weighted by atomic mass is 9.66. The first-order valence-electron chi connectivity index (χ1n) is 9.91. The summed E-state index contributed by atoms with van der Waals surface area (Å²) in [4.78, 5) is 7.36. The molecule has 166 valence electrons. The molecule has 1 aromatic carbocycles. The topological polar surface area (TPSA) is 51.6 Å². The van der Waals surface area contributed by atoms with E-state index in [1.165, 1.54) is 6.07 Å². The van der Waals surface area contributed by atoms with Crippen LogP contribution in [0.2, 0.25) is 0 Å². The van der Waals surface area contributed by atoms with Crippen LogP contribution in [0.15, 0.2) is 34.9 Å². The van der Waals surface area contributed by atoms with E-state index in [2.05, 4.69) is 36.1 Å². The van der Waals surface area contributed by atoms with Crippen molar-refractivity contribution in [1.29, 1.82) is 0 Å². The van der Waals surface area contributed by atoms with Crippen LogP contribution in [0.25, 0.3) is 11.3 Å². The summed E-state index contributed by atoms with van der Waals surface area (Å²) in [6, 6.07) is 5.15. The molecule has 2 aliphatic rings. The van der Waals surface area contributed by atoms with Gasteiger partial charge in [-0.05, 0) is 63.9 Å². The molecular weight excluding hydrogens is 495 g/mol. The minimum absolute atomic E-state index is 0.0515. The van der Waals surface area contributed by atoms with Crippen LogP contribution < -0.4 is 0 Å². The zero-order valence-electron chi connectivity index (χ0n) is 16.9. The summed E-state index contributed by atoms with van der Waals surface area (Å²) < 4.78 is 69.2. The third-order valence-electron chi connectivity index (χ3n) is 7.00. The van der Waals surface area contributed by atoms with E-state index in [1.807, 2.05) is 13.8 Å². The molecule has 10 heteroatoms. The summed E-state index contributed by atoms with van der Waals surface area (Å²) in [7, 11) is 0. The van der Waals surface area contributed by atoms with E-state index in [9.17, 15) is 22.0 Å². The fourth-order valence-electron chi connectivity index (χ4n) is 5.52. The number of hydrogen-bond acceptors (Lipinski definition) is 4. The number of aromatic nitrogens is 4. The van der Waals surface area contributed by atoms with Gasteiger partial charge in [-0.2, -0.15) is 18.3 Å². The summed E-state index contributed by atoms with van der Waals surface area (Å²) in [5.41, 5.74) is -0.315. The Labute approximate surface area is 188 Å². The van der Waals surface area contributed by atoms with Gasteiger partial charge in [0.15, 0.2) is 0 Å². The normalized spacial score (nSPS) is 23.4. The molecule has 2 bridgehead atoms. The Morgan fingerprint density at radius 2 is 1.75 bits per heavy atom. The summed E-state index contributed by atoms with van der Waals surface area (Å²) in [5.74, 6) is -2.83. The Balaban J connectivity index is 1.74. The first-order valence-corrected chi connectivity index (χ1v) is 10.7. The predicted molar refractivity (Wildman–Crippen MR) is 109 cm³/mol. The first kappa shape index (κ1) is 21.4. The molecule has 2 atom stereocenters. The van der Waals surface area contributed by atoms with E-state index < -0.39 is 34.5 Å². The standard InChI is InChI=1S/C22H16BrF5N4/c1-20(2)11-6-7-21(20,18-12(23)9-29-19(30-18)22(26,27)28)17-10(11)8-15(31-32-17)16-13(24)4-3-5-14(16)25/h3-5,8-9,11H,6-7H2,1-2H3/t11-,21-/m0/s1. The van der Waals surface area contributed by atoms with Gasteiger partial charge in [0.1, 0.15) is 11.6 Å². The number of rotatable bonds is 2. The number of benzene rings is 1. The maximum Gasteiger partial charge on any atom is 0.451 e. The third kappa shape index (κ3) is 2.71. The average molecular weight is 511 g/mol. The second-order valence-electron chi connectivity index (χ2n) is 8.74. The molecular formula is C22H16BrF5N4. The van der Waals surface area contributed by atoms with Crippen LogP contribution in [0.4, 0.5) is 22.0 Å². The molecule has 2 aromatic heterocycles. The largest absolute Gasteiger partial charge is 0.451 e. The average Bonchev–Trinajstić information content (AvgIpc) is 3.08. The molecule has 0 spiro atoms. The van der Waals surface area contributed by atoms with Gasteiger partial charge in [0.25, 0.3) is 0 Å². The van der Waals surface area contributed by atoms with E-state index in [1.54, 1.807) is 6.07 Å². The number of nitrogens with zero attached hydrogens (tertiary/aromatic N) is 4. The van der Waals surface area contributed by atoms with Gasteiger partial charge < -0.3 is 0 Å². The fourth-order valence-corrected chi connectivity index (χ4v) is 6.05. The van der Waals surface area contributed by atoms with Crippen molar-refractivity contribution in [1.82, 2.24) is 20.2 Å². The molecule has 1 fully saturated rings. The van der Waals surface area contributed by atoms with Gasteiger partial charge in [0.05, 0.1) is 32.5 Å². The second kappa shape index (κ2) is 6.76. The summed E-state index contributed by atoms with van der Waals surface area (Å²) in [5, 5.41) is 8.42. The Morgan fingerprint density at radius 3 is 2.41 bits per heavy atom. The van der Waals surface area contributed by atoms with Gasteiger partial charge in [-0.25, -0.2) is 18.7 Å². The highest BCUT2D eigenvalue weighted by atomic mass is 79.9. The van der Waals surface area contributed by atoms with Gasteiger partial charge in [0.2, 0.25) is 5.82 Å². The lowest BCUT2D eigenvalue weighted by Gasteiger charge is -2.38. The summed E-state index contributed by atoms with van der Waals surface area (Å²) >= 11 is 3.34. The van der Waals surface area contributed by atoms with Crippen molar-refractivity contribution in [3.8, 4) is 11.3 Å². The molecule has 32 heavy (non-hydrogen) atoms. The van der Waals surface area contributed by atoms with Gasteiger partial charge in [-0.3, -0.25) is 0 Å². The van der Waals surface area contributed by atoms with Gasteiger partial charge in [-0.1, -0.05) is 19.9 Å². The number of fused-ring (bicyclic) bond motifs is 5. The van der Waals surface area contributed by atoms with Crippen molar-refractivity contribution in [2.75, 3.05) is 0 Å². The van der Waals surface area contributed by atoms with Crippen LogP contribution in [0.3, 0.4) is 0 Å². The van der Waals surface area contributed by atoms with Crippen molar-refractivity contribution in [3.63, 3.8) is 0 Å². The smallest absolute Gasteiger partial charge is 0.232 e. The molecule has 1 saturated carbocycles. The molecule has 0 N–H and O–H groups in total. The monoisotopic (exact) mass is 510 g/mol. The number of alkyl halides is 3. The Hall–Kier alpha value is -2.49. The molecule has 4 nitrogen and oxygen atoms in total. The van der Waals surface area contributed by atoms with Crippen LogP contribution in [0, 0.1) is 17.0 Å². The Kier molecular flexibility index (Phi) is 4.51. The molecule has 0 unspecified atom stereocenters. The molecule has 2 aliphatic carbocycles. The van der Waals surface area contributed by atoms with Crippen LogP contribution in [0.1, 0.15) is 55.4 Å². The zero-order chi connectivity index (χ0) is 23.1. The highest BCUT2D eigenvalue weighted by molar-refractivity contribution is 9.10. The number of hydrogen-bond donors (Lipinski definition) is 0. The summed E-state index contributed by atoms with van der Waals surface area (Å²) in [6.07, 6.45) is -2.40. The van der Waals surface area contributed by atoms with Gasteiger partial charge in [-0.15, -0.1) is 5.10 Å². The molecule has 5 rings (SSSR count). The maximum absolute atomic E-state index is 14.3. The van der Waals surface area contributed by atoms with Crippen LogP contribution in [-0.2, 0) is 11.6 Å². The van der Waals surface area contributed by atoms with E-state index in [-0.39, 0.29) is 22.9 Å². The SMILES string of the molecule is CC1(C)[C@H]2CC[C@@]1(c1nc(C(F)(F)F)ncc1Br)c1nnc(-c3c(F)cccc3F)cc12. The van der Waals surface area contributed by atoms with E-state index in [4.69, 9.17) is 0 Å². The van der Waals surface area contributed by atoms with Crippen molar-refractivity contribution in [2.24, 2.45) is 5.41 Å². The van der Waals surface area contributed by atoms with Gasteiger partial charge >= 0.3 is 6.18 Å². The van der Waals surface area contributed by atoms with Crippen LogP contribution in [0.5, 0.6) is 0 Å². The lowest BCUT2D eigenvalue weighted by Crippen LogP contribution is -2.39. The Bertz CT molecular complexity index is 1240. The molecule has 0 aliphatic heterocycles. The highest BCUT2D eigenvalue weighted by Gasteiger charge is 2.65. The van der Waals surface area contributed by atoms with Crippen molar-refractivity contribution < 1.29 is 22.0 Å². The van der Waals surface area contributed by atoms with Crippen LogP contribution >= 0.6 is 15.9 Å². The molecule has 0 radical (unpaired) electrons. The minimum Gasteiger partial charge on any atom is -0.232 e. The molecule has 0 saturated heterocycles. The maximum atomic E-state index is 14.3. The molecule has 3 aromatic rings. The fraction of sp³-hybridized carbons (Fsp3) is 0.364. The highest BCUT2D eigenvalue weighted by Crippen LogP contribution is 2.70. The Morgan fingerprint density at radius 1 is 1.06 bits per heavy atom. The van der Waals surface area contributed by atoms with Crippen molar-refractivity contribution in [3.05, 3.63) is 69.3 Å². The van der Waals surface area contributed by atoms with E-state index >= 15 is 0 Å². The molecule has 2 heterocycles. The zero-order valence-corrected chi connectivity index (χ0v) is 18.5. The minimum atomic E-state index is -4.70. The van der Waals surface area contributed by atoms with E-state index in [0.29, 0.717) is 23.0 Å². The van der Waals surface area contributed by atoms with Crippen molar-refractivity contribution >= 4 is 15.9 Å². The predicted octanol–water partition coefficient (Wildman–Crippen LogP) is 6.20. The third-order valence-corrected chi connectivity index (χ3v) is 7.58. The van der Waals surface area contributed by atoms with E-state index in [0.717, 1.165) is 23.9 Å². The summed E-state index contributed by atoms with van der Waals surface area (Å²) in [6.45, 7) is 3.91. The second-order valence-corrected chi connectivity index (χ2v) is 9.59. The number of halogens is 6. The molecule has 0 amide bonds. The van der Waals surface area contributed by atoms with Crippen LogP contribution in [-0.4, -0.2) is 20.2 Å². The first-order chi connectivity index (χ1) is 15.0. The quantitative estimate of drug-likeness (QED) is 0.385.